The Labute approximate surface area is 143 Å². The molecule has 5 nitrogen and oxygen atoms in total. The number of aromatic amines is 1. The Hall–Kier alpha value is -2.73. The number of hydrogen-bond donors (Lipinski definition) is 1. The Morgan fingerprint density at radius 3 is 2.96 bits per heavy atom. The molecule has 0 unspecified atom stereocenters. The highest BCUT2D eigenvalue weighted by molar-refractivity contribution is 7.13. The highest BCUT2D eigenvalue weighted by atomic mass is 32.1. The molecule has 0 aliphatic carbocycles. The maximum Gasteiger partial charge on any atom is 0.177 e. The highest BCUT2D eigenvalue weighted by Crippen LogP contribution is 2.26. The van der Waals surface area contributed by atoms with Crippen LogP contribution in [0.5, 0.6) is 5.75 Å². The summed E-state index contributed by atoms with van der Waals surface area (Å²) in [6.45, 7) is 0. The number of hydrogen-bond acceptors (Lipinski definition) is 5. The molecule has 4 aromatic rings. The van der Waals surface area contributed by atoms with Crippen LogP contribution in [0.1, 0.15) is 11.5 Å². The molecule has 0 saturated heterocycles. The van der Waals surface area contributed by atoms with E-state index in [9.17, 15) is 0 Å². The van der Waals surface area contributed by atoms with E-state index in [1.165, 1.54) is 4.88 Å². The number of nitrogens with one attached hydrogen (secondary N) is 1. The summed E-state index contributed by atoms with van der Waals surface area (Å²) >= 11 is 1.71. The largest absolute Gasteiger partial charge is 0.497 e. The number of ether oxygens (including phenoxy) is 1. The second-order valence-corrected chi connectivity index (χ2v) is 6.39. The molecule has 4 heterocycles. The van der Waals surface area contributed by atoms with Crippen molar-refractivity contribution in [3.8, 4) is 16.2 Å². The van der Waals surface area contributed by atoms with Gasteiger partial charge in [0, 0.05) is 41.0 Å². The average molecular weight is 336 g/mol. The molecule has 0 aromatic carbocycles. The zero-order valence-electron chi connectivity index (χ0n) is 13.2. The SMILES string of the molecule is COc1ccnc(CCc2nc3ncc(-c4cccs4)cc3[nH]2)c1. The van der Waals surface area contributed by atoms with Gasteiger partial charge in [-0.15, -0.1) is 11.3 Å². The summed E-state index contributed by atoms with van der Waals surface area (Å²) in [7, 11) is 1.66. The maximum absolute atomic E-state index is 5.23. The first-order valence-corrected chi connectivity index (χ1v) is 8.57. The first kappa shape index (κ1) is 14.8. The van der Waals surface area contributed by atoms with Crippen LogP contribution >= 0.6 is 11.3 Å². The van der Waals surface area contributed by atoms with E-state index in [2.05, 4.69) is 37.4 Å². The summed E-state index contributed by atoms with van der Waals surface area (Å²) < 4.78 is 5.23. The van der Waals surface area contributed by atoms with Gasteiger partial charge >= 0.3 is 0 Å². The van der Waals surface area contributed by atoms with Gasteiger partial charge in [0.15, 0.2) is 5.65 Å². The number of methoxy groups -OCH3 is 1. The number of aromatic nitrogens is 4. The molecule has 0 bridgehead atoms. The van der Waals surface area contributed by atoms with E-state index < -0.39 is 0 Å². The molecule has 1 N–H and O–H groups in total. The van der Waals surface area contributed by atoms with Gasteiger partial charge in [-0.1, -0.05) is 6.07 Å². The monoisotopic (exact) mass is 336 g/mol. The third-order valence-corrected chi connectivity index (χ3v) is 4.75. The van der Waals surface area contributed by atoms with Gasteiger partial charge in [-0.05, 0) is 30.0 Å². The minimum Gasteiger partial charge on any atom is -0.497 e. The second kappa shape index (κ2) is 6.41. The van der Waals surface area contributed by atoms with Gasteiger partial charge in [0.1, 0.15) is 11.6 Å². The van der Waals surface area contributed by atoms with Crippen LogP contribution in [0, 0.1) is 0 Å². The lowest BCUT2D eigenvalue weighted by atomic mass is 10.2. The van der Waals surface area contributed by atoms with Crippen LogP contribution < -0.4 is 4.74 Å². The first-order chi connectivity index (χ1) is 11.8. The molecule has 0 aliphatic rings. The summed E-state index contributed by atoms with van der Waals surface area (Å²) in [6, 6.07) is 10.0. The van der Waals surface area contributed by atoms with Gasteiger partial charge in [0.2, 0.25) is 0 Å². The Bertz CT molecular complexity index is 962. The van der Waals surface area contributed by atoms with Crippen molar-refractivity contribution in [2.45, 2.75) is 12.8 Å². The molecule has 4 rings (SSSR count). The normalized spacial score (nSPS) is 11.0. The van der Waals surface area contributed by atoms with Crippen molar-refractivity contribution < 1.29 is 4.74 Å². The third kappa shape index (κ3) is 3.00. The molecule has 6 heteroatoms. The van der Waals surface area contributed by atoms with E-state index >= 15 is 0 Å². The van der Waals surface area contributed by atoms with Gasteiger partial charge in [0.25, 0.3) is 0 Å². The van der Waals surface area contributed by atoms with Gasteiger partial charge in [-0.2, -0.15) is 0 Å². The van der Waals surface area contributed by atoms with E-state index in [0.29, 0.717) is 0 Å². The molecule has 4 aromatic heterocycles. The van der Waals surface area contributed by atoms with Crippen molar-refractivity contribution in [2.75, 3.05) is 7.11 Å². The quantitative estimate of drug-likeness (QED) is 0.601. The first-order valence-electron chi connectivity index (χ1n) is 7.69. The number of aryl methyl sites for hydroxylation is 2. The smallest absolute Gasteiger partial charge is 0.177 e. The minimum absolute atomic E-state index is 0.754. The van der Waals surface area contributed by atoms with Gasteiger partial charge in [0.05, 0.1) is 12.6 Å². The molecule has 0 saturated carbocycles. The third-order valence-electron chi connectivity index (χ3n) is 3.83. The molecule has 0 atom stereocenters. The van der Waals surface area contributed by atoms with Crippen molar-refractivity contribution >= 4 is 22.5 Å². The van der Waals surface area contributed by atoms with Crippen molar-refractivity contribution in [1.82, 2.24) is 19.9 Å². The molecule has 0 radical (unpaired) electrons. The molecule has 24 heavy (non-hydrogen) atoms. The van der Waals surface area contributed by atoms with E-state index in [1.54, 1.807) is 24.6 Å². The van der Waals surface area contributed by atoms with Crippen LogP contribution in [0.4, 0.5) is 0 Å². The van der Waals surface area contributed by atoms with E-state index in [4.69, 9.17) is 4.74 Å². The molecule has 0 aliphatic heterocycles. The standard InChI is InChI=1S/C18H16N4OS/c1-23-14-6-7-19-13(10-14)4-5-17-21-15-9-12(11-20-18(15)22-17)16-3-2-8-24-16/h2-3,6-11H,4-5H2,1H3,(H,20,21,22). The highest BCUT2D eigenvalue weighted by Gasteiger charge is 2.08. The predicted octanol–water partition coefficient (Wildman–Crippen LogP) is 3.88. The zero-order chi connectivity index (χ0) is 16.4. The fraction of sp³-hybridized carbons (Fsp3) is 0.167. The summed E-state index contributed by atoms with van der Waals surface area (Å²) in [5, 5.41) is 2.07. The summed E-state index contributed by atoms with van der Waals surface area (Å²) in [4.78, 5) is 18.0. The fourth-order valence-electron chi connectivity index (χ4n) is 2.61. The Kier molecular flexibility index (Phi) is 3.96. The Morgan fingerprint density at radius 2 is 2.12 bits per heavy atom. The molecule has 0 spiro atoms. The van der Waals surface area contributed by atoms with Gasteiger partial charge < -0.3 is 9.72 Å². The maximum atomic E-state index is 5.23. The van der Waals surface area contributed by atoms with Crippen LogP contribution in [0.2, 0.25) is 0 Å². The second-order valence-electron chi connectivity index (χ2n) is 5.44. The average Bonchev–Trinajstić information content (AvgIpc) is 3.28. The van der Waals surface area contributed by atoms with Crippen molar-refractivity contribution in [3.63, 3.8) is 0 Å². The van der Waals surface area contributed by atoms with Gasteiger partial charge in [-0.25, -0.2) is 9.97 Å². The summed E-state index contributed by atoms with van der Waals surface area (Å²) in [6.07, 6.45) is 5.23. The summed E-state index contributed by atoms with van der Waals surface area (Å²) in [5.41, 5.74) is 3.82. The molecule has 0 amide bonds. The van der Waals surface area contributed by atoms with Crippen LogP contribution in [-0.2, 0) is 12.8 Å². The van der Waals surface area contributed by atoms with Crippen molar-refractivity contribution in [1.29, 1.82) is 0 Å². The fourth-order valence-corrected chi connectivity index (χ4v) is 3.32. The number of rotatable bonds is 5. The van der Waals surface area contributed by atoms with E-state index in [1.807, 2.05) is 24.4 Å². The van der Waals surface area contributed by atoms with Crippen LogP contribution in [0.15, 0.2) is 48.1 Å². The molecule has 120 valence electrons. The summed E-state index contributed by atoms with van der Waals surface area (Å²) in [5.74, 6) is 1.75. The van der Waals surface area contributed by atoms with Gasteiger partial charge in [-0.3, -0.25) is 4.98 Å². The lowest BCUT2D eigenvalue weighted by Gasteiger charge is -2.02. The van der Waals surface area contributed by atoms with Crippen LogP contribution in [0.3, 0.4) is 0 Å². The number of imidazole rings is 1. The molecular weight excluding hydrogens is 320 g/mol. The number of H-pyrrole nitrogens is 1. The lowest BCUT2D eigenvalue weighted by molar-refractivity contribution is 0.413. The Morgan fingerprint density at radius 1 is 1.17 bits per heavy atom. The molecular formula is C18H16N4OS. The molecule has 0 fully saturated rings. The number of pyridine rings is 2. The van der Waals surface area contributed by atoms with Crippen molar-refractivity contribution in [3.05, 3.63) is 59.6 Å². The number of thiophene rings is 1. The number of nitrogens with zero attached hydrogens (tertiary/aromatic N) is 3. The van der Waals surface area contributed by atoms with Crippen LogP contribution in [0.25, 0.3) is 21.6 Å². The lowest BCUT2D eigenvalue weighted by Crippen LogP contribution is -1.96. The minimum atomic E-state index is 0.754. The van der Waals surface area contributed by atoms with E-state index in [0.717, 1.165) is 46.8 Å². The topological polar surface area (TPSA) is 63.7 Å². The Balaban J connectivity index is 1.54. The van der Waals surface area contributed by atoms with Crippen LogP contribution in [-0.4, -0.2) is 27.0 Å². The van der Waals surface area contributed by atoms with E-state index in [-0.39, 0.29) is 0 Å². The van der Waals surface area contributed by atoms with Crippen molar-refractivity contribution in [2.24, 2.45) is 0 Å². The number of fused-ring (bicyclic) bond motifs is 1. The predicted molar refractivity (Wildman–Crippen MR) is 95.4 cm³/mol. The zero-order valence-corrected chi connectivity index (χ0v) is 14.0.